The number of amides is 1. The molecule has 2 N–H and O–H groups in total. The van der Waals surface area contributed by atoms with Gasteiger partial charge in [-0.3, -0.25) is 4.79 Å². The fourth-order valence-electron chi connectivity index (χ4n) is 3.70. The molecule has 8 heteroatoms. The maximum atomic E-state index is 13.3. The topological polar surface area (TPSA) is 54.0 Å². The van der Waals surface area contributed by atoms with Gasteiger partial charge in [-0.05, 0) is 56.0 Å². The van der Waals surface area contributed by atoms with Crippen LogP contribution in [0.5, 0.6) is 0 Å². The molecule has 1 aromatic heterocycles. The van der Waals surface area contributed by atoms with E-state index in [2.05, 4.69) is 15.6 Å². The van der Waals surface area contributed by atoms with Crippen molar-refractivity contribution in [2.45, 2.75) is 37.8 Å². The molecule has 1 heterocycles. The molecule has 30 heavy (non-hydrogen) atoms. The monoisotopic (exact) mass is 451 g/mol. The summed E-state index contributed by atoms with van der Waals surface area (Å²) in [6, 6.07) is 13.0. The van der Waals surface area contributed by atoms with Crippen molar-refractivity contribution in [2.75, 3.05) is 5.32 Å². The van der Waals surface area contributed by atoms with Gasteiger partial charge in [-0.1, -0.05) is 29.8 Å². The molecule has 3 aromatic rings. The molecule has 0 atom stereocenters. The Kier molecular flexibility index (Phi) is 7.10. The van der Waals surface area contributed by atoms with E-state index in [9.17, 15) is 13.6 Å². The lowest BCUT2D eigenvalue weighted by atomic mass is 9.91. The number of pyridine rings is 1. The van der Waals surface area contributed by atoms with Crippen LogP contribution in [0.15, 0.2) is 48.5 Å². The zero-order valence-corrected chi connectivity index (χ0v) is 17.6. The lowest BCUT2D eigenvalue weighted by Crippen LogP contribution is -2.40. The first kappa shape index (κ1) is 22.2. The Morgan fingerprint density at radius 1 is 0.967 bits per heavy atom. The number of nitrogens with zero attached hydrogens (tertiary/aromatic N) is 1. The van der Waals surface area contributed by atoms with Crippen LogP contribution in [0, 0.1) is 11.6 Å². The van der Waals surface area contributed by atoms with Gasteiger partial charge in [-0.25, -0.2) is 13.8 Å². The Morgan fingerprint density at radius 2 is 1.67 bits per heavy atom. The smallest absolute Gasteiger partial charge is 0.251 e. The van der Waals surface area contributed by atoms with E-state index in [0.29, 0.717) is 5.02 Å². The van der Waals surface area contributed by atoms with Gasteiger partial charge in [0.05, 0.1) is 10.5 Å². The highest BCUT2D eigenvalue weighted by Crippen LogP contribution is 2.27. The van der Waals surface area contributed by atoms with Gasteiger partial charge in [-0.15, -0.1) is 12.4 Å². The third-order valence-electron chi connectivity index (χ3n) is 5.26. The van der Waals surface area contributed by atoms with Crippen molar-refractivity contribution in [3.63, 3.8) is 0 Å². The van der Waals surface area contributed by atoms with Crippen molar-refractivity contribution in [3.8, 4) is 0 Å². The molecule has 4 rings (SSSR count). The van der Waals surface area contributed by atoms with Gasteiger partial charge in [0, 0.05) is 23.0 Å². The normalized spacial score (nSPS) is 18.5. The van der Waals surface area contributed by atoms with E-state index in [4.69, 9.17) is 11.6 Å². The number of carbonyl (C=O) groups excluding carboxylic acids is 1. The highest BCUT2D eigenvalue weighted by atomic mass is 35.5. The lowest BCUT2D eigenvalue weighted by Gasteiger charge is -2.30. The summed E-state index contributed by atoms with van der Waals surface area (Å²) in [7, 11) is 0. The van der Waals surface area contributed by atoms with Gasteiger partial charge in [-0.2, -0.15) is 0 Å². The molecule has 1 aliphatic carbocycles. The molecule has 0 bridgehead atoms. The van der Waals surface area contributed by atoms with Crippen molar-refractivity contribution < 1.29 is 13.6 Å². The van der Waals surface area contributed by atoms with Gasteiger partial charge in [0.15, 0.2) is 11.6 Å². The van der Waals surface area contributed by atoms with Crippen LogP contribution >= 0.6 is 24.0 Å². The van der Waals surface area contributed by atoms with Crippen LogP contribution in [0.25, 0.3) is 10.9 Å². The number of fused-ring (bicyclic) bond motifs is 1. The van der Waals surface area contributed by atoms with Crippen LogP contribution in [0.3, 0.4) is 0 Å². The molecular weight excluding hydrogens is 431 g/mol. The number of nitrogens with one attached hydrogen (secondary N) is 2. The first-order chi connectivity index (χ1) is 14.0. The second-order valence-corrected chi connectivity index (χ2v) is 7.71. The average Bonchev–Trinajstić information content (AvgIpc) is 2.71. The minimum Gasteiger partial charge on any atom is -0.367 e. The van der Waals surface area contributed by atoms with Gasteiger partial charge in [0.25, 0.3) is 5.91 Å². The van der Waals surface area contributed by atoms with Crippen molar-refractivity contribution in [1.82, 2.24) is 10.3 Å². The summed E-state index contributed by atoms with van der Waals surface area (Å²) in [6.07, 6.45) is 3.28. The molecular formula is C22H21Cl2F2N3O. The van der Waals surface area contributed by atoms with Crippen molar-refractivity contribution >= 4 is 46.6 Å². The average molecular weight is 452 g/mol. The Morgan fingerprint density at radius 3 is 2.40 bits per heavy atom. The maximum absolute atomic E-state index is 13.3. The van der Waals surface area contributed by atoms with E-state index >= 15 is 0 Å². The first-order valence-electron chi connectivity index (χ1n) is 9.57. The SMILES string of the molecule is Cl.O=C(N[C@H]1CC[C@@H](Nc2cc(Cl)c3ccccc3n2)CC1)c1ccc(F)c(F)c1. The van der Waals surface area contributed by atoms with Crippen LogP contribution in [-0.4, -0.2) is 23.0 Å². The zero-order chi connectivity index (χ0) is 20.4. The van der Waals surface area contributed by atoms with Crippen molar-refractivity contribution in [3.05, 3.63) is 70.8 Å². The molecule has 2 aromatic carbocycles. The largest absolute Gasteiger partial charge is 0.367 e. The van der Waals surface area contributed by atoms with Gasteiger partial charge < -0.3 is 10.6 Å². The number of hydrogen-bond donors (Lipinski definition) is 2. The van der Waals surface area contributed by atoms with E-state index in [1.54, 1.807) is 0 Å². The summed E-state index contributed by atoms with van der Waals surface area (Å²) in [5.74, 6) is -1.63. The zero-order valence-electron chi connectivity index (χ0n) is 16.0. The Labute approximate surface area is 184 Å². The van der Waals surface area contributed by atoms with Gasteiger partial charge in [0.2, 0.25) is 0 Å². The molecule has 0 unspecified atom stereocenters. The maximum Gasteiger partial charge on any atom is 0.251 e. The highest BCUT2D eigenvalue weighted by Gasteiger charge is 2.23. The van der Waals surface area contributed by atoms with E-state index in [0.717, 1.165) is 54.5 Å². The number of benzene rings is 2. The quantitative estimate of drug-likeness (QED) is 0.531. The van der Waals surface area contributed by atoms with E-state index in [1.165, 1.54) is 6.07 Å². The van der Waals surface area contributed by atoms with Crippen molar-refractivity contribution in [1.29, 1.82) is 0 Å². The molecule has 0 saturated heterocycles. The Balaban J connectivity index is 0.00000256. The number of carbonyl (C=O) groups is 1. The highest BCUT2D eigenvalue weighted by molar-refractivity contribution is 6.35. The third-order valence-corrected chi connectivity index (χ3v) is 5.57. The summed E-state index contributed by atoms with van der Waals surface area (Å²) in [5.41, 5.74) is 0.967. The molecule has 1 saturated carbocycles. The fourth-order valence-corrected chi connectivity index (χ4v) is 3.97. The third kappa shape index (κ3) is 4.99. The van der Waals surface area contributed by atoms with Crippen LogP contribution in [-0.2, 0) is 0 Å². The molecule has 1 fully saturated rings. The summed E-state index contributed by atoms with van der Waals surface area (Å²) in [5, 5.41) is 7.92. The number of anilines is 1. The summed E-state index contributed by atoms with van der Waals surface area (Å²) >= 11 is 6.36. The Hall–Kier alpha value is -2.44. The first-order valence-corrected chi connectivity index (χ1v) is 9.95. The number of rotatable bonds is 4. The number of hydrogen-bond acceptors (Lipinski definition) is 3. The van der Waals surface area contributed by atoms with E-state index in [1.807, 2.05) is 30.3 Å². The second kappa shape index (κ2) is 9.58. The molecule has 0 spiro atoms. The second-order valence-electron chi connectivity index (χ2n) is 7.30. The molecule has 1 aliphatic rings. The predicted molar refractivity (Wildman–Crippen MR) is 117 cm³/mol. The summed E-state index contributed by atoms with van der Waals surface area (Å²) in [6.45, 7) is 0. The number of halogens is 4. The van der Waals surface area contributed by atoms with Gasteiger partial charge in [0.1, 0.15) is 5.82 Å². The molecule has 1 amide bonds. The van der Waals surface area contributed by atoms with Gasteiger partial charge >= 0.3 is 0 Å². The number of para-hydroxylation sites is 1. The predicted octanol–water partition coefficient (Wildman–Crippen LogP) is 5.74. The van der Waals surface area contributed by atoms with E-state index in [-0.39, 0.29) is 36.0 Å². The molecule has 4 nitrogen and oxygen atoms in total. The van der Waals surface area contributed by atoms with Crippen LogP contribution in [0.2, 0.25) is 5.02 Å². The number of aromatic nitrogens is 1. The lowest BCUT2D eigenvalue weighted by molar-refractivity contribution is 0.0926. The summed E-state index contributed by atoms with van der Waals surface area (Å²) in [4.78, 5) is 16.9. The fraction of sp³-hybridized carbons (Fsp3) is 0.273. The minimum atomic E-state index is -1.02. The molecule has 158 valence electrons. The summed E-state index contributed by atoms with van der Waals surface area (Å²) < 4.78 is 26.4. The van der Waals surface area contributed by atoms with Crippen molar-refractivity contribution in [2.24, 2.45) is 0 Å². The van der Waals surface area contributed by atoms with E-state index < -0.39 is 11.6 Å². The van der Waals surface area contributed by atoms with Crippen LogP contribution in [0.1, 0.15) is 36.0 Å². The Bertz CT molecular complexity index is 1060. The molecule has 0 radical (unpaired) electrons. The minimum absolute atomic E-state index is 0. The molecule has 0 aliphatic heterocycles. The standard InChI is InChI=1S/C22H20ClF2N3O.ClH/c23-17-12-21(28-20-4-2-1-3-16(17)20)26-14-6-8-15(9-7-14)27-22(29)13-5-10-18(24)19(25)11-13;/h1-5,10-12,14-15H,6-9H2,(H,26,28)(H,27,29);1H/t14-,15+;. The van der Waals surface area contributed by atoms with Crippen LogP contribution in [0.4, 0.5) is 14.6 Å². The van der Waals surface area contributed by atoms with Crippen LogP contribution < -0.4 is 10.6 Å².